The lowest BCUT2D eigenvalue weighted by Gasteiger charge is -2.14. The highest BCUT2D eigenvalue weighted by molar-refractivity contribution is 6.33. The Labute approximate surface area is 149 Å². The van der Waals surface area contributed by atoms with Crippen LogP contribution in [0.1, 0.15) is 15.9 Å². The van der Waals surface area contributed by atoms with E-state index in [1.807, 2.05) is 29.1 Å². The van der Waals surface area contributed by atoms with Gasteiger partial charge in [0.05, 0.1) is 23.4 Å². The third-order valence-corrected chi connectivity index (χ3v) is 4.14. The zero-order valence-electron chi connectivity index (χ0n) is 13.7. The van der Waals surface area contributed by atoms with E-state index < -0.39 is 0 Å². The number of carbonyl (C=O) groups excluding carboxylic acids is 1. The molecule has 0 unspecified atom stereocenters. The molecule has 25 heavy (non-hydrogen) atoms. The number of hydrogen-bond donors (Lipinski definition) is 1. The van der Waals surface area contributed by atoms with E-state index in [0.29, 0.717) is 33.3 Å². The molecule has 0 radical (unpaired) electrons. The van der Waals surface area contributed by atoms with Crippen molar-refractivity contribution < 1.29 is 13.9 Å². The first-order chi connectivity index (χ1) is 12.0. The van der Waals surface area contributed by atoms with Crippen LogP contribution in [0.3, 0.4) is 0 Å². The molecule has 0 bridgehead atoms. The molecule has 3 aromatic rings. The summed E-state index contributed by atoms with van der Waals surface area (Å²) in [6, 6.07) is 11.2. The summed E-state index contributed by atoms with van der Waals surface area (Å²) in [7, 11) is 1.49. The maximum absolute atomic E-state index is 13.2. The lowest BCUT2D eigenvalue weighted by molar-refractivity contribution is 0.102. The molecule has 0 saturated carbocycles. The van der Waals surface area contributed by atoms with Crippen molar-refractivity contribution >= 4 is 23.2 Å². The Balaban J connectivity index is 1.96. The fourth-order valence-corrected chi connectivity index (χ4v) is 2.80. The average Bonchev–Trinajstić information content (AvgIpc) is 3.11. The first-order valence-corrected chi connectivity index (χ1v) is 7.96. The van der Waals surface area contributed by atoms with Crippen LogP contribution >= 0.6 is 11.6 Å². The Morgan fingerprint density at radius 1 is 1.20 bits per heavy atom. The number of methoxy groups -OCH3 is 1. The molecule has 1 aromatic heterocycles. The predicted molar refractivity (Wildman–Crippen MR) is 96.4 cm³/mol. The largest absolute Gasteiger partial charge is 0.496 e. The van der Waals surface area contributed by atoms with Gasteiger partial charge in [0.2, 0.25) is 0 Å². The van der Waals surface area contributed by atoms with E-state index in [1.165, 1.54) is 25.3 Å². The number of aromatic nitrogens is 1. The number of aryl methyl sites for hydroxylation is 1. The van der Waals surface area contributed by atoms with Crippen LogP contribution in [0.2, 0.25) is 5.02 Å². The van der Waals surface area contributed by atoms with Crippen molar-refractivity contribution in [2.45, 2.75) is 6.92 Å². The summed E-state index contributed by atoms with van der Waals surface area (Å²) in [6.07, 6.45) is 3.70. The van der Waals surface area contributed by atoms with E-state index in [9.17, 15) is 9.18 Å². The Bertz CT molecular complexity index is 923. The molecule has 2 aromatic carbocycles. The van der Waals surface area contributed by atoms with Gasteiger partial charge in [-0.15, -0.1) is 0 Å². The molecule has 1 heterocycles. The third-order valence-electron chi connectivity index (χ3n) is 3.83. The molecular formula is C19H16ClFN2O2. The highest BCUT2D eigenvalue weighted by Gasteiger charge is 2.17. The number of hydrogen-bond acceptors (Lipinski definition) is 2. The summed E-state index contributed by atoms with van der Waals surface area (Å²) in [5.41, 5.74) is 2.16. The summed E-state index contributed by atoms with van der Waals surface area (Å²) in [6.45, 7) is 1.72. The van der Waals surface area contributed by atoms with Gasteiger partial charge < -0.3 is 14.6 Å². The second-order valence-electron chi connectivity index (χ2n) is 5.51. The number of nitrogens with zero attached hydrogens (tertiary/aromatic N) is 1. The maximum Gasteiger partial charge on any atom is 0.259 e. The molecule has 0 saturated heterocycles. The standard InChI is InChI=1S/C19H16ClFN2O2/c1-12-9-13(21)5-6-16(12)22-19(24)14-10-15(20)17(11-18(14)25-2)23-7-3-4-8-23/h3-11H,1-2H3,(H,22,24). The molecule has 0 aliphatic rings. The molecule has 1 N–H and O–H groups in total. The highest BCUT2D eigenvalue weighted by atomic mass is 35.5. The number of ether oxygens (including phenoxy) is 1. The van der Waals surface area contributed by atoms with E-state index in [1.54, 1.807) is 19.1 Å². The number of rotatable bonds is 4. The topological polar surface area (TPSA) is 43.3 Å². The van der Waals surface area contributed by atoms with Gasteiger partial charge in [0.1, 0.15) is 11.6 Å². The van der Waals surface area contributed by atoms with Crippen molar-refractivity contribution in [3.63, 3.8) is 0 Å². The van der Waals surface area contributed by atoms with E-state index >= 15 is 0 Å². The van der Waals surface area contributed by atoms with Gasteiger partial charge in [0.15, 0.2) is 0 Å². The van der Waals surface area contributed by atoms with Gasteiger partial charge >= 0.3 is 0 Å². The first kappa shape index (κ1) is 17.0. The zero-order chi connectivity index (χ0) is 18.0. The molecule has 0 fully saturated rings. The Kier molecular flexibility index (Phi) is 4.76. The lowest BCUT2D eigenvalue weighted by atomic mass is 10.1. The predicted octanol–water partition coefficient (Wildman–Crippen LogP) is 4.84. The van der Waals surface area contributed by atoms with Gasteiger partial charge in [-0.3, -0.25) is 4.79 Å². The second-order valence-corrected chi connectivity index (χ2v) is 5.91. The number of anilines is 1. The van der Waals surface area contributed by atoms with Gasteiger partial charge in [-0.1, -0.05) is 11.6 Å². The smallest absolute Gasteiger partial charge is 0.259 e. The van der Waals surface area contributed by atoms with Gasteiger partial charge in [-0.25, -0.2) is 4.39 Å². The zero-order valence-corrected chi connectivity index (χ0v) is 14.5. The fraction of sp³-hybridized carbons (Fsp3) is 0.105. The van der Waals surface area contributed by atoms with E-state index in [2.05, 4.69) is 5.32 Å². The van der Waals surface area contributed by atoms with Crippen molar-refractivity contribution in [1.82, 2.24) is 4.57 Å². The van der Waals surface area contributed by atoms with Crippen LogP contribution in [0.4, 0.5) is 10.1 Å². The van der Waals surface area contributed by atoms with Crippen LogP contribution in [-0.2, 0) is 0 Å². The molecule has 0 aliphatic carbocycles. The molecule has 0 aliphatic heterocycles. The second kappa shape index (κ2) is 6.99. The fourth-order valence-electron chi connectivity index (χ4n) is 2.54. The SMILES string of the molecule is COc1cc(-n2cccc2)c(Cl)cc1C(=O)Nc1ccc(F)cc1C. The van der Waals surface area contributed by atoms with Crippen LogP contribution in [0.25, 0.3) is 5.69 Å². The van der Waals surface area contributed by atoms with Gasteiger partial charge in [0, 0.05) is 24.1 Å². The quantitative estimate of drug-likeness (QED) is 0.725. The molecular weight excluding hydrogens is 343 g/mol. The first-order valence-electron chi connectivity index (χ1n) is 7.58. The van der Waals surface area contributed by atoms with Gasteiger partial charge in [0.25, 0.3) is 5.91 Å². The van der Waals surface area contributed by atoms with Crippen LogP contribution in [0.5, 0.6) is 5.75 Å². The van der Waals surface area contributed by atoms with Gasteiger partial charge in [-0.2, -0.15) is 0 Å². The molecule has 4 nitrogen and oxygen atoms in total. The molecule has 6 heteroatoms. The summed E-state index contributed by atoms with van der Waals surface area (Å²) >= 11 is 6.34. The summed E-state index contributed by atoms with van der Waals surface area (Å²) in [4.78, 5) is 12.6. The number of amides is 1. The normalized spacial score (nSPS) is 10.6. The minimum absolute atomic E-state index is 0.298. The van der Waals surface area contributed by atoms with Crippen LogP contribution < -0.4 is 10.1 Å². The monoisotopic (exact) mass is 358 g/mol. The van der Waals surface area contributed by atoms with Gasteiger partial charge in [-0.05, 0) is 48.9 Å². The van der Waals surface area contributed by atoms with Crippen molar-refractivity contribution in [2.75, 3.05) is 12.4 Å². The Morgan fingerprint density at radius 2 is 1.92 bits per heavy atom. The maximum atomic E-state index is 13.2. The van der Waals surface area contributed by atoms with E-state index in [4.69, 9.17) is 16.3 Å². The molecule has 128 valence electrons. The average molecular weight is 359 g/mol. The van der Waals surface area contributed by atoms with Crippen LogP contribution in [-0.4, -0.2) is 17.6 Å². The van der Waals surface area contributed by atoms with E-state index in [-0.39, 0.29) is 11.7 Å². The minimum Gasteiger partial charge on any atom is -0.496 e. The van der Waals surface area contributed by atoms with Crippen molar-refractivity contribution in [2.24, 2.45) is 0 Å². The van der Waals surface area contributed by atoms with Crippen LogP contribution in [0.15, 0.2) is 54.9 Å². The summed E-state index contributed by atoms with van der Waals surface area (Å²) in [5, 5.41) is 3.17. The summed E-state index contributed by atoms with van der Waals surface area (Å²) in [5.74, 6) is -0.343. The van der Waals surface area contributed by atoms with E-state index in [0.717, 1.165) is 0 Å². The third kappa shape index (κ3) is 3.51. The Morgan fingerprint density at radius 3 is 2.56 bits per heavy atom. The lowest BCUT2D eigenvalue weighted by Crippen LogP contribution is -2.14. The summed E-state index contributed by atoms with van der Waals surface area (Å²) < 4.78 is 20.4. The molecule has 1 amide bonds. The number of benzene rings is 2. The van der Waals surface area contributed by atoms with Crippen LogP contribution in [0, 0.1) is 12.7 Å². The van der Waals surface area contributed by atoms with Crippen molar-refractivity contribution in [3.05, 3.63) is 76.8 Å². The highest BCUT2D eigenvalue weighted by Crippen LogP contribution is 2.30. The number of carbonyl (C=O) groups is 1. The number of halogens is 2. The molecule has 0 spiro atoms. The Hall–Kier alpha value is -2.79. The molecule has 0 atom stereocenters. The minimum atomic E-state index is -0.382. The number of nitrogens with one attached hydrogen (secondary N) is 1. The molecule has 3 rings (SSSR count). The van der Waals surface area contributed by atoms with Crippen molar-refractivity contribution in [3.8, 4) is 11.4 Å². The van der Waals surface area contributed by atoms with Crippen molar-refractivity contribution in [1.29, 1.82) is 0 Å².